The molecule has 0 heterocycles. The zero-order valence-electron chi connectivity index (χ0n) is 32.4. The summed E-state index contributed by atoms with van der Waals surface area (Å²) in [7, 11) is 0. The molecule has 0 aromatic heterocycles. The molecule has 0 bridgehead atoms. The molecular weight excluding hydrogens is 699 g/mol. The number of hydrogen-bond donors (Lipinski definition) is 0. The first kappa shape index (κ1) is 33.2. The summed E-state index contributed by atoms with van der Waals surface area (Å²) in [6.45, 7) is 2.41. The van der Waals surface area contributed by atoms with E-state index in [1.165, 1.54) is 77.9 Å². The van der Waals surface area contributed by atoms with Crippen molar-refractivity contribution >= 4 is 22.6 Å². The summed E-state index contributed by atoms with van der Waals surface area (Å²) in [5, 5.41) is 0. The first-order valence-corrected chi connectivity index (χ1v) is 20.7. The zero-order chi connectivity index (χ0) is 38.4. The molecule has 2 spiro atoms. The highest BCUT2D eigenvalue weighted by Gasteiger charge is 2.59. The molecule has 1 nitrogen and oxygen atoms in total. The van der Waals surface area contributed by atoms with Crippen molar-refractivity contribution in [3.8, 4) is 22.3 Å². The van der Waals surface area contributed by atoms with Gasteiger partial charge in [-0.2, -0.15) is 0 Å². The van der Waals surface area contributed by atoms with Crippen molar-refractivity contribution in [1.82, 2.24) is 0 Å². The van der Waals surface area contributed by atoms with E-state index in [9.17, 15) is 0 Å². The Kier molecular flexibility index (Phi) is 7.17. The standard InChI is InChI=1S/C57H41N/c1-38-17-16-30-53-55(38)46-23-9-11-25-48(46)56(53)49-26-12-14-28-51(49)57(52-29-15-13-27-50(52)56)47-24-10-8-22-44(47)45-36-33-40(37-54(45)57)39-31-34-43(35-32-39)58(41-18-4-2-5-19-41)42-20-6-3-7-21-42/h2-16,18-38H,17H2,1H3. The van der Waals surface area contributed by atoms with Crippen LogP contribution in [0.2, 0.25) is 0 Å². The van der Waals surface area contributed by atoms with E-state index in [0.29, 0.717) is 5.92 Å². The van der Waals surface area contributed by atoms with Gasteiger partial charge in [-0.25, -0.2) is 0 Å². The fourth-order valence-corrected chi connectivity index (χ4v) is 11.4. The fraction of sp³-hybridized carbons (Fsp3) is 0.0877. The number of fused-ring (bicyclic) bond motifs is 15. The lowest BCUT2D eigenvalue weighted by Crippen LogP contribution is -2.44. The number of para-hydroxylation sites is 2. The van der Waals surface area contributed by atoms with E-state index >= 15 is 0 Å². The number of allylic oxidation sites excluding steroid dienone is 4. The second-order valence-corrected chi connectivity index (χ2v) is 16.4. The summed E-state index contributed by atoms with van der Waals surface area (Å²) in [5.74, 6) is 0.449. The average molecular weight is 740 g/mol. The van der Waals surface area contributed by atoms with Gasteiger partial charge < -0.3 is 4.90 Å². The van der Waals surface area contributed by atoms with Crippen molar-refractivity contribution in [3.63, 3.8) is 0 Å². The van der Waals surface area contributed by atoms with E-state index < -0.39 is 10.8 Å². The Bertz CT molecular complexity index is 2900. The van der Waals surface area contributed by atoms with Crippen LogP contribution in [0.1, 0.15) is 57.9 Å². The summed E-state index contributed by atoms with van der Waals surface area (Å²) in [4.78, 5) is 2.33. The summed E-state index contributed by atoms with van der Waals surface area (Å²) < 4.78 is 0. The third-order valence-electron chi connectivity index (χ3n) is 13.6. The predicted octanol–water partition coefficient (Wildman–Crippen LogP) is 14.2. The molecule has 8 aromatic rings. The molecule has 12 rings (SSSR count). The lowest BCUT2D eigenvalue weighted by molar-refractivity contribution is 0.625. The highest BCUT2D eigenvalue weighted by atomic mass is 15.1. The summed E-state index contributed by atoms with van der Waals surface area (Å²) in [6, 6.07) is 74.9. The van der Waals surface area contributed by atoms with Gasteiger partial charge in [0.2, 0.25) is 0 Å². The number of hydrogen-bond acceptors (Lipinski definition) is 1. The van der Waals surface area contributed by atoms with Crippen molar-refractivity contribution in [2.45, 2.75) is 24.2 Å². The van der Waals surface area contributed by atoms with Gasteiger partial charge in [-0.1, -0.05) is 177 Å². The number of nitrogens with zero attached hydrogens (tertiary/aromatic N) is 1. The molecule has 8 aromatic carbocycles. The highest BCUT2D eigenvalue weighted by Crippen LogP contribution is 2.68. The second kappa shape index (κ2) is 12.5. The van der Waals surface area contributed by atoms with Gasteiger partial charge in [0.1, 0.15) is 0 Å². The Morgan fingerprint density at radius 1 is 0.397 bits per heavy atom. The second-order valence-electron chi connectivity index (χ2n) is 16.4. The van der Waals surface area contributed by atoms with Crippen LogP contribution < -0.4 is 4.90 Å². The molecule has 4 aliphatic rings. The van der Waals surface area contributed by atoms with E-state index in [-0.39, 0.29) is 0 Å². The Morgan fingerprint density at radius 2 is 0.845 bits per heavy atom. The van der Waals surface area contributed by atoms with Crippen LogP contribution >= 0.6 is 0 Å². The Labute approximate surface area is 340 Å². The average Bonchev–Trinajstić information content (AvgIpc) is 3.75. The van der Waals surface area contributed by atoms with Gasteiger partial charge in [-0.15, -0.1) is 0 Å². The molecule has 0 saturated heterocycles. The van der Waals surface area contributed by atoms with E-state index in [0.717, 1.165) is 23.5 Å². The summed E-state index contributed by atoms with van der Waals surface area (Å²) >= 11 is 0. The van der Waals surface area contributed by atoms with Crippen LogP contribution in [0, 0.1) is 5.92 Å². The first-order chi connectivity index (χ1) is 28.7. The van der Waals surface area contributed by atoms with Crippen molar-refractivity contribution in [1.29, 1.82) is 0 Å². The van der Waals surface area contributed by atoms with Gasteiger partial charge >= 0.3 is 0 Å². The smallest absolute Gasteiger partial charge is 0.0720 e. The number of benzene rings is 8. The zero-order valence-corrected chi connectivity index (χ0v) is 32.4. The van der Waals surface area contributed by atoms with Gasteiger partial charge in [-0.05, 0) is 133 Å². The fourth-order valence-electron chi connectivity index (χ4n) is 11.4. The van der Waals surface area contributed by atoms with Crippen molar-refractivity contribution in [3.05, 3.63) is 262 Å². The predicted molar refractivity (Wildman–Crippen MR) is 240 cm³/mol. The van der Waals surface area contributed by atoms with Crippen molar-refractivity contribution in [2.75, 3.05) is 4.90 Å². The van der Waals surface area contributed by atoms with Crippen LogP contribution in [0.4, 0.5) is 17.1 Å². The van der Waals surface area contributed by atoms with Crippen LogP contribution in [0.25, 0.3) is 27.8 Å². The summed E-state index contributed by atoms with van der Waals surface area (Å²) in [5.41, 5.74) is 21.6. The maximum atomic E-state index is 2.51. The molecule has 0 radical (unpaired) electrons. The monoisotopic (exact) mass is 739 g/mol. The van der Waals surface area contributed by atoms with Gasteiger partial charge in [0.05, 0.1) is 10.8 Å². The molecule has 0 N–H and O–H groups in total. The topological polar surface area (TPSA) is 3.24 Å². The Balaban J connectivity index is 1.09. The third-order valence-corrected chi connectivity index (χ3v) is 13.6. The van der Waals surface area contributed by atoms with Crippen LogP contribution in [0.15, 0.2) is 218 Å². The highest BCUT2D eigenvalue weighted by molar-refractivity contribution is 5.95. The van der Waals surface area contributed by atoms with Crippen molar-refractivity contribution in [2.24, 2.45) is 5.92 Å². The van der Waals surface area contributed by atoms with Crippen molar-refractivity contribution < 1.29 is 0 Å². The van der Waals surface area contributed by atoms with Crippen LogP contribution in [-0.2, 0) is 10.8 Å². The molecule has 0 fully saturated rings. The van der Waals surface area contributed by atoms with E-state index in [1.54, 1.807) is 0 Å². The minimum absolute atomic E-state index is 0.413. The molecule has 1 heteroatoms. The minimum Gasteiger partial charge on any atom is -0.311 e. The first-order valence-electron chi connectivity index (χ1n) is 20.7. The normalized spacial score (nSPS) is 20.3. The molecule has 274 valence electrons. The maximum Gasteiger partial charge on any atom is 0.0720 e. The van der Waals surface area contributed by atoms with E-state index in [2.05, 4.69) is 224 Å². The molecule has 0 saturated carbocycles. The molecule has 58 heavy (non-hydrogen) atoms. The Hall–Kier alpha value is -6.96. The molecule has 1 unspecified atom stereocenters. The van der Waals surface area contributed by atoms with Gasteiger partial charge in [0.25, 0.3) is 0 Å². The number of rotatable bonds is 4. The van der Waals surface area contributed by atoms with Crippen LogP contribution in [0.3, 0.4) is 0 Å². The molecular formula is C57H41N. The van der Waals surface area contributed by atoms with Gasteiger partial charge in [0.15, 0.2) is 0 Å². The Morgan fingerprint density at radius 3 is 1.45 bits per heavy atom. The quantitative estimate of drug-likeness (QED) is 0.174. The molecule has 1 atom stereocenters. The van der Waals surface area contributed by atoms with E-state index in [1.807, 2.05) is 0 Å². The van der Waals surface area contributed by atoms with Gasteiger partial charge in [-0.3, -0.25) is 0 Å². The summed E-state index contributed by atoms with van der Waals surface area (Å²) in [6.07, 6.45) is 5.96. The largest absolute Gasteiger partial charge is 0.311 e. The van der Waals surface area contributed by atoms with Gasteiger partial charge in [0, 0.05) is 17.1 Å². The van der Waals surface area contributed by atoms with Crippen LogP contribution in [0.5, 0.6) is 0 Å². The maximum absolute atomic E-state index is 2.51. The molecule has 4 aliphatic carbocycles. The third kappa shape index (κ3) is 4.31. The lowest BCUT2D eigenvalue weighted by atomic mass is 9.52. The number of anilines is 3. The lowest BCUT2D eigenvalue weighted by Gasteiger charge is -2.49. The molecule has 0 amide bonds. The minimum atomic E-state index is -0.500. The van der Waals surface area contributed by atoms with Crippen LogP contribution in [-0.4, -0.2) is 0 Å². The SMILES string of the molecule is CC1CC=CC2=C1c1ccccc1C21c2ccccc2C2(c3ccccc3-c3ccc(-c4ccc(N(c5ccccc5)c5ccccc5)cc4)cc32)c2ccccc21. The van der Waals surface area contributed by atoms with E-state index in [4.69, 9.17) is 0 Å². The molecule has 0 aliphatic heterocycles.